The zero-order valence-corrected chi connectivity index (χ0v) is 7.41. The molecule has 0 bridgehead atoms. The van der Waals surface area contributed by atoms with E-state index in [1.165, 1.54) is 0 Å². The molecule has 0 saturated carbocycles. The summed E-state index contributed by atoms with van der Waals surface area (Å²) >= 11 is 0. The van der Waals surface area contributed by atoms with Crippen LogP contribution in [0.15, 0.2) is 18.2 Å². The van der Waals surface area contributed by atoms with Crippen LogP contribution in [0.4, 0.5) is 5.69 Å². The van der Waals surface area contributed by atoms with Gasteiger partial charge in [-0.2, -0.15) is 0 Å². The molecule has 1 aromatic carbocycles. The minimum Gasteiger partial charge on any atom is -0.496 e. The van der Waals surface area contributed by atoms with Crippen LogP contribution in [-0.4, -0.2) is 19.9 Å². The highest BCUT2D eigenvalue weighted by molar-refractivity contribution is 5.76. The number of anilines is 1. The summed E-state index contributed by atoms with van der Waals surface area (Å²) in [7, 11) is 1.62. The Morgan fingerprint density at radius 1 is 1.62 bits per heavy atom. The van der Waals surface area contributed by atoms with E-state index in [0.29, 0.717) is 6.54 Å². The molecule has 0 spiro atoms. The Bertz CT molecular complexity index is 336. The van der Waals surface area contributed by atoms with Crippen molar-refractivity contribution in [3.05, 3.63) is 23.8 Å². The molecule has 0 fully saturated rings. The Balaban J connectivity index is 2.52. The summed E-state index contributed by atoms with van der Waals surface area (Å²) in [6.07, 6.45) is 0.960. The van der Waals surface area contributed by atoms with Gasteiger partial charge in [0, 0.05) is 17.8 Å². The molecule has 3 heteroatoms. The third kappa shape index (κ3) is 1.16. The van der Waals surface area contributed by atoms with Gasteiger partial charge in [-0.15, -0.1) is 0 Å². The van der Waals surface area contributed by atoms with Crippen molar-refractivity contribution < 1.29 is 9.53 Å². The fourth-order valence-corrected chi connectivity index (χ4v) is 1.70. The molecule has 0 amide bonds. The molecular weight excluding hydrogens is 166 g/mol. The Labute approximate surface area is 76.7 Å². The molecular formula is C10H11NO2. The van der Waals surface area contributed by atoms with Crippen molar-refractivity contribution in [2.24, 2.45) is 0 Å². The van der Waals surface area contributed by atoms with Gasteiger partial charge in [0.05, 0.1) is 13.0 Å². The van der Waals surface area contributed by atoms with E-state index in [2.05, 4.69) is 5.32 Å². The van der Waals surface area contributed by atoms with Crippen LogP contribution in [0, 0.1) is 0 Å². The highest BCUT2D eigenvalue weighted by Gasteiger charge is 2.24. The van der Waals surface area contributed by atoms with Gasteiger partial charge in [-0.05, 0) is 12.1 Å². The number of carbonyl (C=O) groups is 1. The molecule has 0 radical (unpaired) electrons. The first kappa shape index (κ1) is 8.10. The second-order valence-corrected chi connectivity index (χ2v) is 3.04. The quantitative estimate of drug-likeness (QED) is 0.694. The molecule has 68 valence electrons. The van der Waals surface area contributed by atoms with Gasteiger partial charge in [-0.3, -0.25) is 0 Å². The maximum atomic E-state index is 10.7. The van der Waals surface area contributed by atoms with Crippen molar-refractivity contribution in [1.29, 1.82) is 0 Å². The molecule has 0 aliphatic carbocycles. The van der Waals surface area contributed by atoms with E-state index in [1.54, 1.807) is 7.11 Å². The number of hydrogen-bond acceptors (Lipinski definition) is 3. The first-order valence-corrected chi connectivity index (χ1v) is 4.23. The molecule has 1 aromatic rings. The van der Waals surface area contributed by atoms with E-state index >= 15 is 0 Å². The van der Waals surface area contributed by atoms with Crippen LogP contribution in [0.3, 0.4) is 0 Å². The zero-order valence-electron chi connectivity index (χ0n) is 7.41. The predicted octanol–water partition coefficient (Wildman–Crippen LogP) is 1.40. The molecule has 1 aliphatic heterocycles. The summed E-state index contributed by atoms with van der Waals surface area (Å²) in [5, 5.41) is 3.16. The van der Waals surface area contributed by atoms with Crippen LogP contribution < -0.4 is 10.1 Å². The minimum atomic E-state index is -0.0638. The number of aldehydes is 1. The number of rotatable bonds is 2. The summed E-state index contributed by atoms with van der Waals surface area (Å²) in [4.78, 5) is 10.7. The lowest BCUT2D eigenvalue weighted by molar-refractivity contribution is -0.108. The van der Waals surface area contributed by atoms with Gasteiger partial charge < -0.3 is 14.8 Å². The largest absolute Gasteiger partial charge is 0.496 e. The Morgan fingerprint density at radius 3 is 3.15 bits per heavy atom. The van der Waals surface area contributed by atoms with Gasteiger partial charge in [0.2, 0.25) is 0 Å². The predicted molar refractivity (Wildman–Crippen MR) is 50.3 cm³/mol. The normalized spacial score (nSPS) is 19.0. The molecule has 1 atom stereocenters. The summed E-state index contributed by atoms with van der Waals surface area (Å²) in [6.45, 7) is 0.680. The summed E-state index contributed by atoms with van der Waals surface area (Å²) < 4.78 is 5.19. The van der Waals surface area contributed by atoms with Crippen molar-refractivity contribution >= 4 is 12.0 Å². The molecule has 1 N–H and O–H groups in total. The van der Waals surface area contributed by atoms with E-state index < -0.39 is 0 Å². The van der Waals surface area contributed by atoms with E-state index in [1.807, 2.05) is 18.2 Å². The van der Waals surface area contributed by atoms with Crippen molar-refractivity contribution in [1.82, 2.24) is 0 Å². The first-order valence-electron chi connectivity index (χ1n) is 4.23. The minimum absolute atomic E-state index is 0.0638. The Hall–Kier alpha value is -1.51. The second kappa shape index (κ2) is 3.09. The van der Waals surface area contributed by atoms with Crippen molar-refractivity contribution in [2.75, 3.05) is 19.0 Å². The summed E-state index contributed by atoms with van der Waals surface area (Å²) in [6, 6.07) is 5.75. The number of methoxy groups -OCH3 is 1. The molecule has 1 heterocycles. The molecule has 0 saturated heterocycles. The lowest BCUT2D eigenvalue weighted by Crippen LogP contribution is -2.03. The van der Waals surface area contributed by atoms with Crippen molar-refractivity contribution in [3.63, 3.8) is 0 Å². The highest BCUT2D eigenvalue weighted by Crippen LogP contribution is 2.37. The zero-order chi connectivity index (χ0) is 9.26. The Kier molecular flexibility index (Phi) is 1.93. The molecule has 3 nitrogen and oxygen atoms in total. The number of hydrogen-bond donors (Lipinski definition) is 1. The molecule has 0 aromatic heterocycles. The van der Waals surface area contributed by atoms with Gasteiger partial charge in [-0.25, -0.2) is 0 Å². The average molecular weight is 177 g/mol. The fourth-order valence-electron chi connectivity index (χ4n) is 1.70. The fraction of sp³-hybridized carbons (Fsp3) is 0.300. The van der Waals surface area contributed by atoms with Gasteiger partial charge in [-0.1, -0.05) is 6.07 Å². The average Bonchev–Trinajstić information content (AvgIpc) is 2.60. The van der Waals surface area contributed by atoms with Gasteiger partial charge in [0.15, 0.2) is 0 Å². The smallest absolute Gasteiger partial charge is 0.129 e. The highest BCUT2D eigenvalue weighted by atomic mass is 16.5. The van der Waals surface area contributed by atoms with Gasteiger partial charge in [0.25, 0.3) is 0 Å². The van der Waals surface area contributed by atoms with E-state index in [9.17, 15) is 4.79 Å². The lowest BCUT2D eigenvalue weighted by atomic mass is 10.0. The molecule has 13 heavy (non-hydrogen) atoms. The van der Waals surface area contributed by atoms with E-state index in [-0.39, 0.29) is 5.92 Å². The molecule has 2 rings (SSSR count). The first-order chi connectivity index (χ1) is 6.36. The van der Waals surface area contributed by atoms with Crippen LogP contribution in [0.25, 0.3) is 0 Å². The van der Waals surface area contributed by atoms with Crippen molar-refractivity contribution in [3.8, 4) is 5.75 Å². The number of benzene rings is 1. The van der Waals surface area contributed by atoms with E-state index in [4.69, 9.17) is 4.74 Å². The van der Waals surface area contributed by atoms with Crippen molar-refractivity contribution in [2.45, 2.75) is 5.92 Å². The number of ether oxygens (including phenoxy) is 1. The monoisotopic (exact) mass is 177 g/mol. The van der Waals surface area contributed by atoms with Gasteiger partial charge >= 0.3 is 0 Å². The standard InChI is InChI=1S/C10H11NO2/c1-13-9-4-2-3-8-10(9)7(6-12)5-11-8/h2-4,6-7,11H,5H2,1H3. The SMILES string of the molecule is COc1cccc2c1C(C=O)CN2. The van der Waals surface area contributed by atoms with E-state index in [0.717, 1.165) is 23.3 Å². The second-order valence-electron chi connectivity index (χ2n) is 3.04. The van der Waals surface area contributed by atoms with Crippen LogP contribution in [0.5, 0.6) is 5.75 Å². The van der Waals surface area contributed by atoms with Gasteiger partial charge in [0.1, 0.15) is 12.0 Å². The third-order valence-electron chi connectivity index (χ3n) is 2.33. The number of carbonyl (C=O) groups excluding carboxylic acids is 1. The lowest BCUT2D eigenvalue weighted by Gasteiger charge is -2.07. The third-order valence-corrected chi connectivity index (χ3v) is 2.33. The number of nitrogens with one attached hydrogen (secondary N) is 1. The summed E-state index contributed by atoms with van der Waals surface area (Å²) in [5.74, 6) is 0.728. The van der Waals surface area contributed by atoms with Crippen LogP contribution in [-0.2, 0) is 4.79 Å². The molecule has 1 unspecified atom stereocenters. The number of fused-ring (bicyclic) bond motifs is 1. The van der Waals surface area contributed by atoms with Crippen LogP contribution in [0.2, 0.25) is 0 Å². The summed E-state index contributed by atoms with van der Waals surface area (Å²) in [5.41, 5.74) is 2.00. The van der Waals surface area contributed by atoms with Crippen LogP contribution in [0.1, 0.15) is 11.5 Å². The molecule has 1 aliphatic rings. The maximum absolute atomic E-state index is 10.7. The van der Waals surface area contributed by atoms with Crippen LogP contribution >= 0.6 is 0 Å². The Morgan fingerprint density at radius 2 is 2.46 bits per heavy atom. The topological polar surface area (TPSA) is 38.3 Å². The maximum Gasteiger partial charge on any atom is 0.129 e.